The first-order valence-corrected chi connectivity index (χ1v) is 58.8. The average Bonchev–Trinajstić information content (AvgIpc) is 1.31. The predicted octanol–water partition coefficient (Wildman–Crippen LogP) is 21.7. The van der Waals surface area contributed by atoms with E-state index in [1.807, 2.05) is 72.9 Å². The highest BCUT2D eigenvalue weighted by atomic mass is 35.5. The minimum Gasteiger partial charge on any atom is -0.493 e. The van der Waals surface area contributed by atoms with Gasteiger partial charge in [-0.1, -0.05) is 130 Å². The summed E-state index contributed by atoms with van der Waals surface area (Å²) in [5, 5.41) is 10.7. The van der Waals surface area contributed by atoms with E-state index in [0.29, 0.717) is 166 Å². The summed E-state index contributed by atoms with van der Waals surface area (Å²) in [4.78, 5) is 68.0. The van der Waals surface area contributed by atoms with E-state index >= 15 is 0 Å². The Bertz CT molecular complexity index is 6260. The lowest BCUT2D eigenvalue weighted by molar-refractivity contribution is -0.119. The van der Waals surface area contributed by atoms with Crippen molar-refractivity contribution in [3.05, 3.63) is 281 Å². The molecule has 0 aliphatic heterocycles. The van der Waals surface area contributed by atoms with Gasteiger partial charge in [0, 0.05) is 165 Å². The lowest BCUT2D eigenvalue weighted by atomic mass is 10.1. The third kappa shape index (κ3) is 46.6. The number of rotatable bonds is 53. The molecule has 0 atom stereocenters. The lowest BCUT2D eigenvalue weighted by Crippen LogP contribution is -2.34. The van der Waals surface area contributed by atoms with Crippen molar-refractivity contribution < 1.29 is 85.0 Å². The zero-order valence-electron chi connectivity index (χ0n) is 79.3. The molecular formula is C97H115Cl8N9O19S8. The van der Waals surface area contributed by atoms with E-state index in [4.69, 9.17) is 112 Å². The number of thiazole rings is 1. The molecule has 6 aromatic carbocycles. The van der Waals surface area contributed by atoms with E-state index < -0.39 is 50.1 Å². The molecular weight excluding hydrogens is 2140 g/mol. The molecule has 0 saturated heterocycles. The summed E-state index contributed by atoms with van der Waals surface area (Å²) in [6.45, 7) is 11.5. The van der Waals surface area contributed by atoms with Crippen molar-refractivity contribution in [2.24, 2.45) is 0 Å². The summed E-state index contributed by atoms with van der Waals surface area (Å²) in [5.41, 5.74) is 3.90. The Labute approximate surface area is 880 Å². The number of pyridine rings is 1. The lowest BCUT2D eigenvalue weighted by Gasteiger charge is -2.23. The molecule has 0 aliphatic rings. The molecule has 0 amide bonds. The van der Waals surface area contributed by atoms with Crippen LogP contribution in [0.25, 0.3) is 5.69 Å². The number of halogens is 8. The number of aromatic nitrogens is 4. The van der Waals surface area contributed by atoms with Crippen LogP contribution in [0.2, 0.25) is 40.2 Å². The average molecular weight is 2250 g/mol. The molecule has 0 fully saturated rings. The van der Waals surface area contributed by atoms with Crippen LogP contribution in [-0.4, -0.2) is 216 Å². The van der Waals surface area contributed by atoms with Crippen molar-refractivity contribution in [1.29, 1.82) is 0 Å². The van der Waals surface area contributed by atoms with Gasteiger partial charge >= 0.3 is 0 Å². The molecule has 0 saturated carbocycles. The molecule has 5 heterocycles. The Morgan fingerprint density at radius 2 is 0.816 bits per heavy atom. The first-order chi connectivity index (χ1) is 66.5. The molecule has 0 aliphatic carbocycles. The van der Waals surface area contributed by atoms with Crippen LogP contribution in [0.5, 0.6) is 23.0 Å². The van der Waals surface area contributed by atoms with Gasteiger partial charge in [-0.05, 0) is 248 Å². The Kier molecular flexibility index (Phi) is 51.3. The second-order valence-electron chi connectivity index (χ2n) is 32.5. The zero-order valence-corrected chi connectivity index (χ0v) is 91.9. The van der Waals surface area contributed by atoms with E-state index in [-0.39, 0.29) is 79.8 Å². The minimum absolute atomic E-state index is 0.0379. The third-order valence-electron chi connectivity index (χ3n) is 20.3. The fourth-order valence-corrected chi connectivity index (χ4v) is 23.2. The predicted molar refractivity (Wildman–Crippen MR) is 567 cm³/mol. The number of sulfonamides is 5. The van der Waals surface area contributed by atoms with Gasteiger partial charge in [-0.25, -0.2) is 60.4 Å². The summed E-state index contributed by atoms with van der Waals surface area (Å²) in [5.74, 6) is 2.18. The number of thiophene rings is 2. The van der Waals surface area contributed by atoms with Crippen LogP contribution in [-0.2, 0) is 98.5 Å². The number of hydrogen-bond acceptors (Lipinski definition) is 25. The largest absolute Gasteiger partial charge is 0.493 e. The van der Waals surface area contributed by atoms with Gasteiger partial charge in [0.1, 0.15) is 59.2 Å². The van der Waals surface area contributed by atoms with Gasteiger partial charge < -0.3 is 23.7 Å². The van der Waals surface area contributed by atoms with Crippen LogP contribution in [0, 0.1) is 0 Å². The van der Waals surface area contributed by atoms with Gasteiger partial charge in [0.2, 0.25) is 50.1 Å². The first-order valence-electron chi connectivity index (χ1n) is 44.4. The highest BCUT2D eigenvalue weighted by molar-refractivity contribution is 7.89. The van der Waals surface area contributed by atoms with E-state index in [1.54, 1.807) is 121 Å². The normalized spacial score (nSPS) is 11.7. The van der Waals surface area contributed by atoms with Crippen molar-refractivity contribution >= 4 is 206 Å². The Morgan fingerprint density at radius 1 is 0.376 bits per heavy atom. The molecule has 28 nitrogen and oxygen atoms in total. The maximum atomic E-state index is 13.5. The van der Waals surface area contributed by atoms with Crippen LogP contribution in [0.4, 0.5) is 0 Å². The van der Waals surface area contributed by atoms with E-state index in [9.17, 15) is 66.1 Å². The summed E-state index contributed by atoms with van der Waals surface area (Å²) in [6, 6.07) is 47.1. The first kappa shape index (κ1) is 120. The molecule has 0 bridgehead atoms. The molecule has 0 spiro atoms. The molecule has 11 aromatic rings. The number of unbranched alkanes of at least 4 members (excludes halogenated alkanes) is 3. The van der Waals surface area contributed by atoms with E-state index in [1.165, 1.54) is 120 Å². The standard InChI is InChI=1S/C25H24N4O4S.C19H23Cl2NO4S2.C18H21Cl2NO4S2.C18H27Cl2NO3S.C17H20Cl2N2O4S2/c1-20(30)19-33-24-6-2-5-22(15-24)18-28(34(31,32)25-7-3-12-26-16-25)17-21-8-10-23(11-9-21)29-14-4-13-27-29;1-14(23)19-7-6-18(27-19)5-3-8-22(28(2,24)25)9-4-10-26-17-12-15(20)11-16(21)13-17;1-13(22)18-6-5-17(26-18)4-3-7-21(27(2,23)24)8-9-25-16-11-14(19)10-15(20)12-16;1-15(22)8-5-3-4-6-10-21(25(2,23)24)11-7-9-16-12-17(19)14-18(20)13-16;1-12(22)16-11-26-17(20-16)4-3-5-21(27(2,23)24)6-7-25-15-9-13(18)8-14(19)10-15/h2-16H,17-19H2,1H3;6-7,11-13H,3-5,8-10H2,1-2H3;5-6,10-12H,3-4,7-9H2,1-2H3;12-14H,3-11H2,1-2H3;8-11H,3-7H2,1-2H3. The monoisotopic (exact) mass is 2250 g/mol. The number of ether oxygens (including phenoxy) is 4. The number of benzene rings is 6. The third-order valence-corrected chi connectivity index (χ3v) is 32.5. The Morgan fingerprint density at radius 3 is 1.24 bits per heavy atom. The SMILES string of the molecule is CC(=O)CCCCCCN(CCCc1cc(Cl)cc(Cl)c1)S(C)(=O)=O.CC(=O)COc1cccc(CN(Cc2ccc(-n3cccn3)cc2)S(=O)(=O)c2cccnc2)c1.CC(=O)c1ccc(CCCN(CCCOc2cc(Cl)cc(Cl)c2)S(C)(=O)=O)s1.CC(=O)c1ccc(CCCN(CCOc2cc(Cl)cc(Cl)c2)S(C)(=O)=O)s1.CC(=O)c1csc(CCCN(CCOc2cc(Cl)cc(Cl)c2)S(C)(=O)=O)n1. The van der Waals surface area contributed by atoms with Crippen LogP contribution >= 0.6 is 127 Å². The second kappa shape index (κ2) is 60.3. The zero-order chi connectivity index (χ0) is 104. The van der Waals surface area contributed by atoms with Crippen molar-refractivity contribution in [2.75, 3.05) is 104 Å². The van der Waals surface area contributed by atoms with Crippen LogP contribution < -0.4 is 18.9 Å². The van der Waals surface area contributed by atoms with Crippen molar-refractivity contribution in [1.82, 2.24) is 41.3 Å². The molecule has 11 rings (SSSR count). The van der Waals surface area contributed by atoms with Crippen molar-refractivity contribution in [3.8, 4) is 28.7 Å². The van der Waals surface area contributed by atoms with Crippen LogP contribution in [0.1, 0.15) is 160 Å². The summed E-state index contributed by atoms with van der Waals surface area (Å²) >= 11 is 51.8. The molecule has 44 heteroatoms. The van der Waals surface area contributed by atoms with E-state index in [2.05, 4.69) is 15.1 Å². The number of nitrogens with zero attached hydrogens (tertiary/aromatic N) is 9. The van der Waals surface area contributed by atoms with Gasteiger partial charge in [-0.2, -0.15) is 18.0 Å². The van der Waals surface area contributed by atoms with Gasteiger partial charge in [0.05, 0.1) is 52.1 Å². The molecule has 5 aromatic heterocycles. The topological polar surface area (TPSA) is 353 Å². The summed E-state index contributed by atoms with van der Waals surface area (Å²) in [7, 11) is -17.1. The summed E-state index contributed by atoms with van der Waals surface area (Å²) < 4.78 is 154. The molecule has 766 valence electrons. The highest BCUT2D eigenvalue weighted by Crippen LogP contribution is 2.31. The maximum Gasteiger partial charge on any atom is 0.245 e. The van der Waals surface area contributed by atoms with Gasteiger partial charge in [-0.15, -0.1) is 34.0 Å². The maximum absolute atomic E-state index is 13.5. The fourth-order valence-electron chi connectivity index (χ4n) is 13.4. The second-order valence-corrected chi connectivity index (χ2v) is 49.1. The molecule has 141 heavy (non-hydrogen) atoms. The number of Topliss-reactive ketones (excluding diaryl/α,β-unsaturated/α-hetero) is 5. The molecule has 0 unspecified atom stereocenters. The number of carbonyl (C=O) groups excluding carboxylic acids is 5. The van der Waals surface area contributed by atoms with Gasteiger partial charge in [0.15, 0.2) is 23.1 Å². The number of ketones is 5. The number of carbonyl (C=O) groups is 5. The van der Waals surface area contributed by atoms with Crippen LogP contribution in [0.15, 0.2) is 199 Å². The van der Waals surface area contributed by atoms with Crippen molar-refractivity contribution in [3.63, 3.8) is 0 Å². The Balaban J connectivity index is 0.000000241. The van der Waals surface area contributed by atoms with E-state index in [0.717, 1.165) is 85.4 Å². The Hall–Kier alpha value is -7.87. The van der Waals surface area contributed by atoms with Gasteiger partial charge in [0.25, 0.3) is 0 Å². The number of aryl methyl sites for hydroxylation is 4. The quantitative estimate of drug-likeness (QED) is 0.0252. The summed E-state index contributed by atoms with van der Waals surface area (Å²) in [6.07, 6.45) is 21.4. The smallest absolute Gasteiger partial charge is 0.245 e. The fraction of sp³-hybridized carbons (Fsp3) is 0.381. The van der Waals surface area contributed by atoms with Gasteiger partial charge in [-0.3, -0.25) is 24.2 Å². The minimum atomic E-state index is -3.83. The molecule has 0 N–H and O–H groups in total. The molecule has 0 radical (unpaired) electrons. The van der Waals surface area contributed by atoms with Crippen LogP contribution in [0.3, 0.4) is 0 Å². The van der Waals surface area contributed by atoms with Crippen molar-refractivity contribution in [2.45, 2.75) is 142 Å². The highest BCUT2D eigenvalue weighted by Gasteiger charge is 2.27. The number of hydrogen-bond donors (Lipinski definition) is 0.